The van der Waals surface area contributed by atoms with Crippen LogP contribution in [0.15, 0.2) is 48.8 Å². The van der Waals surface area contributed by atoms with E-state index in [9.17, 15) is 15.0 Å². The molecule has 2 N–H and O–H groups in total. The first kappa shape index (κ1) is 14.9. The number of carbonyl (C=O) groups is 1. The van der Waals surface area contributed by atoms with Crippen molar-refractivity contribution in [1.29, 1.82) is 0 Å². The third-order valence-corrected chi connectivity index (χ3v) is 3.31. The molecular weight excluding hydrogens is 296 g/mol. The van der Waals surface area contributed by atoms with Gasteiger partial charge in [0, 0.05) is 24.4 Å². The third kappa shape index (κ3) is 2.95. The highest BCUT2D eigenvalue weighted by molar-refractivity contribution is 5.91. The molecule has 0 aliphatic carbocycles. The van der Waals surface area contributed by atoms with Crippen LogP contribution >= 0.6 is 0 Å². The largest absolute Gasteiger partial charge is 0.478 e. The van der Waals surface area contributed by atoms with Crippen LogP contribution in [0, 0.1) is 0 Å². The van der Waals surface area contributed by atoms with Crippen LogP contribution in [0.4, 0.5) is 0 Å². The van der Waals surface area contributed by atoms with Gasteiger partial charge in [-0.25, -0.2) is 14.5 Å². The van der Waals surface area contributed by atoms with Crippen LogP contribution < -0.4 is 0 Å². The van der Waals surface area contributed by atoms with Gasteiger partial charge >= 0.3 is 5.97 Å². The summed E-state index contributed by atoms with van der Waals surface area (Å²) >= 11 is 0. The molecule has 0 spiro atoms. The Bertz CT molecular complexity index is 830. The number of carboxylic acids is 1. The first-order valence-corrected chi connectivity index (χ1v) is 7.00. The Hall–Kier alpha value is -3.06. The summed E-state index contributed by atoms with van der Waals surface area (Å²) in [4.78, 5) is 19.8. The van der Waals surface area contributed by atoms with E-state index < -0.39 is 5.97 Å². The molecule has 0 unspecified atom stereocenters. The molecule has 0 radical (unpaired) electrons. The van der Waals surface area contributed by atoms with Crippen LogP contribution in [0.5, 0.6) is 0 Å². The van der Waals surface area contributed by atoms with Gasteiger partial charge in [-0.15, -0.1) is 5.10 Å². The first-order chi connectivity index (χ1) is 11.2. The van der Waals surface area contributed by atoms with Crippen LogP contribution in [0.25, 0.3) is 17.1 Å². The van der Waals surface area contributed by atoms with Gasteiger partial charge in [-0.2, -0.15) is 0 Å². The number of nitrogens with zero attached hydrogens (tertiary/aromatic N) is 4. The molecule has 0 fully saturated rings. The number of carboxylic acid groups (broad SMARTS) is 1. The van der Waals surface area contributed by atoms with Gasteiger partial charge in [-0.05, 0) is 24.3 Å². The highest BCUT2D eigenvalue weighted by Gasteiger charge is 2.17. The monoisotopic (exact) mass is 310 g/mol. The van der Waals surface area contributed by atoms with Crippen molar-refractivity contribution in [2.24, 2.45) is 0 Å². The predicted molar refractivity (Wildman–Crippen MR) is 82.3 cm³/mol. The molecule has 2 aromatic heterocycles. The molecule has 0 aliphatic heterocycles. The van der Waals surface area contributed by atoms with Crippen molar-refractivity contribution in [1.82, 2.24) is 19.7 Å². The van der Waals surface area contributed by atoms with Crippen molar-refractivity contribution in [2.75, 3.05) is 6.61 Å². The van der Waals surface area contributed by atoms with Gasteiger partial charge in [0.1, 0.15) is 5.82 Å². The summed E-state index contributed by atoms with van der Waals surface area (Å²) in [6.45, 7) is -0.107. The van der Waals surface area contributed by atoms with Crippen molar-refractivity contribution < 1.29 is 15.0 Å². The van der Waals surface area contributed by atoms with Gasteiger partial charge in [0.15, 0.2) is 5.82 Å². The number of aliphatic hydroxyl groups is 1. The average Bonchev–Trinajstić information content (AvgIpc) is 3.00. The first-order valence-electron chi connectivity index (χ1n) is 7.00. The summed E-state index contributed by atoms with van der Waals surface area (Å²) in [6, 6.07) is 10.1. The molecule has 0 saturated heterocycles. The summed E-state index contributed by atoms with van der Waals surface area (Å²) < 4.78 is 1.47. The summed E-state index contributed by atoms with van der Waals surface area (Å²) in [5, 5.41) is 23.0. The molecule has 116 valence electrons. The molecule has 0 saturated carbocycles. The number of aromatic nitrogens is 4. The third-order valence-electron chi connectivity index (χ3n) is 3.31. The van der Waals surface area contributed by atoms with Crippen molar-refractivity contribution in [3.8, 4) is 17.1 Å². The van der Waals surface area contributed by atoms with Gasteiger partial charge in [0.05, 0.1) is 17.9 Å². The van der Waals surface area contributed by atoms with E-state index in [4.69, 9.17) is 0 Å². The normalized spacial score (nSPS) is 10.7. The molecule has 0 amide bonds. The molecule has 0 bridgehead atoms. The highest BCUT2D eigenvalue weighted by atomic mass is 16.4. The van der Waals surface area contributed by atoms with Crippen LogP contribution in [0.1, 0.15) is 16.2 Å². The maximum Gasteiger partial charge on any atom is 0.337 e. The Labute approximate surface area is 131 Å². The van der Waals surface area contributed by atoms with Crippen molar-refractivity contribution in [3.05, 3.63) is 60.2 Å². The standard InChI is InChI=1S/C16H14N4O3/c21-10-7-14-18-15(11-5-8-17-9-6-11)19-20(14)13-4-2-1-3-12(13)16(22)23/h1-6,8-9,21H,7,10H2,(H,22,23). The SMILES string of the molecule is O=C(O)c1ccccc1-n1nc(-c2ccncc2)nc1CCO. The molecule has 3 aromatic rings. The Morgan fingerprint density at radius 3 is 2.57 bits per heavy atom. The second-order valence-electron chi connectivity index (χ2n) is 4.80. The lowest BCUT2D eigenvalue weighted by molar-refractivity contribution is 0.0696. The maximum atomic E-state index is 11.4. The average molecular weight is 310 g/mol. The van der Waals surface area contributed by atoms with Crippen molar-refractivity contribution in [3.63, 3.8) is 0 Å². The number of hydrogen-bond acceptors (Lipinski definition) is 5. The molecule has 3 rings (SSSR count). The van der Waals surface area contributed by atoms with Gasteiger partial charge in [-0.3, -0.25) is 4.98 Å². The number of aromatic carboxylic acids is 1. The van der Waals surface area contributed by atoms with Gasteiger partial charge < -0.3 is 10.2 Å². The number of para-hydroxylation sites is 1. The van der Waals surface area contributed by atoms with E-state index in [0.29, 0.717) is 17.3 Å². The zero-order chi connectivity index (χ0) is 16.2. The molecule has 2 heterocycles. The Balaban J connectivity index is 2.16. The van der Waals surface area contributed by atoms with E-state index >= 15 is 0 Å². The molecule has 7 heteroatoms. The number of pyridine rings is 1. The number of rotatable bonds is 5. The van der Waals surface area contributed by atoms with E-state index in [1.165, 1.54) is 10.7 Å². The molecule has 0 atom stereocenters. The molecular formula is C16H14N4O3. The van der Waals surface area contributed by atoms with E-state index in [0.717, 1.165) is 5.56 Å². The second kappa shape index (κ2) is 6.37. The Morgan fingerprint density at radius 1 is 1.13 bits per heavy atom. The van der Waals surface area contributed by atoms with E-state index in [1.54, 1.807) is 42.7 Å². The fraction of sp³-hybridized carbons (Fsp3) is 0.125. The minimum Gasteiger partial charge on any atom is -0.478 e. The number of aliphatic hydroxyl groups excluding tert-OH is 1. The zero-order valence-corrected chi connectivity index (χ0v) is 12.1. The van der Waals surface area contributed by atoms with E-state index in [1.807, 2.05) is 0 Å². The molecule has 1 aromatic carbocycles. The zero-order valence-electron chi connectivity index (χ0n) is 12.1. The Kier molecular flexibility index (Phi) is 4.11. The van der Waals surface area contributed by atoms with Crippen LogP contribution in [-0.2, 0) is 6.42 Å². The summed E-state index contributed by atoms with van der Waals surface area (Å²) in [5.74, 6) is -0.0967. The van der Waals surface area contributed by atoms with Crippen LogP contribution in [-0.4, -0.2) is 42.5 Å². The van der Waals surface area contributed by atoms with E-state index in [-0.39, 0.29) is 18.6 Å². The fourth-order valence-corrected chi connectivity index (χ4v) is 2.26. The maximum absolute atomic E-state index is 11.4. The van der Waals surface area contributed by atoms with Crippen molar-refractivity contribution >= 4 is 5.97 Å². The van der Waals surface area contributed by atoms with Crippen LogP contribution in [0.3, 0.4) is 0 Å². The Morgan fingerprint density at radius 2 is 1.87 bits per heavy atom. The number of benzene rings is 1. The second-order valence-corrected chi connectivity index (χ2v) is 4.80. The fourth-order valence-electron chi connectivity index (χ4n) is 2.26. The van der Waals surface area contributed by atoms with Crippen LogP contribution in [0.2, 0.25) is 0 Å². The quantitative estimate of drug-likeness (QED) is 0.741. The highest BCUT2D eigenvalue weighted by Crippen LogP contribution is 2.20. The lowest BCUT2D eigenvalue weighted by atomic mass is 10.2. The molecule has 23 heavy (non-hydrogen) atoms. The van der Waals surface area contributed by atoms with E-state index in [2.05, 4.69) is 15.1 Å². The molecule has 0 aliphatic rings. The summed E-state index contributed by atoms with van der Waals surface area (Å²) in [5.41, 5.74) is 1.31. The topological polar surface area (TPSA) is 101 Å². The predicted octanol–water partition coefficient (Wildman–Crippen LogP) is 1.56. The summed E-state index contributed by atoms with van der Waals surface area (Å²) in [7, 11) is 0. The minimum absolute atomic E-state index is 0.107. The smallest absolute Gasteiger partial charge is 0.337 e. The van der Waals surface area contributed by atoms with Gasteiger partial charge in [0.25, 0.3) is 0 Å². The van der Waals surface area contributed by atoms with Crippen molar-refractivity contribution in [2.45, 2.75) is 6.42 Å². The lowest BCUT2D eigenvalue weighted by Gasteiger charge is -2.08. The lowest BCUT2D eigenvalue weighted by Crippen LogP contribution is -2.10. The van der Waals surface area contributed by atoms with Gasteiger partial charge in [0.2, 0.25) is 0 Å². The molecule has 7 nitrogen and oxygen atoms in total. The number of hydrogen-bond donors (Lipinski definition) is 2. The minimum atomic E-state index is -1.04. The van der Waals surface area contributed by atoms with Gasteiger partial charge in [-0.1, -0.05) is 12.1 Å². The summed E-state index contributed by atoms with van der Waals surface area (Å²) in [6.07, 6.45) is 3.53.